The minimum Gasteiger partial charge on any atom is -0.547 e. The molecule has 0 spiro atoms. The van der Waals surface area contributed by atoms with Crippen LogP contribution in [-0.2, 0) is 6.54 Å². The SMILES string of the molecule is C[SiH](C)Oc1ccccc1CN=Cc1ccco1. The maximum Gasteiger partial charge on any atom is 0.229 e. The maximum atomic E-state index is 5.87. The summed E-state index contributed by atoms with van der Waals surface area (Å²) in [5.41, 5.74) is 1.11. The molecule has 0 fully saturated rings. The zero-order valence-electron chi connectivity index (χ0n) is 10.7. The number of hydrogen-bond donors (Lipinski definition) is 0. The number of aliphatic imine (C=N–C) groups is 1. The molecule has 0 unspecified atom stereocenters. The molecular weight excluding hydrogens is 242 g/mol. The van der Waals surface area contributed by atoms with Crippen LogP contribution in [0.2, 0.25) is 13.1 Å². The van der Waals surface area contributed by atoms with E-state index in [1.54, 1.807) is 12.5 Å². The molecule has 0 aliphatic carbocycles. The Morgan fingerprint density at radius 1 is 1.22 bits per heavy atom. The number of para-hydroxylation sites is 1. The molecule has 18 heavy (non-hydrogen) atoms. The van der Waals surface area contributed by atoms with E-state index in [-0.39, 0.29) is 0 Å². The van der Waals surface area contributed by atoms with E-state index >= 15 is 0 Å². The Morgan fingerprint density at radius 3 is 2.78 bits per heavy atom. The number of nitrogens with zero attached hydrogens (tertiary/aromatic N) is 1. The van der Waals surface area contributed by atoms with Gasteiger partial charge in [0.05, 0.1) is 19.0 Å². The smallest absolute Gasteiger partial charge is 0.229 e. The lowest BCUT2D eigenvalue weighted by Gasteiger charge is -2.12. The van der Waals surface area contributed by atoms with Crippen molar-refractivity contribution in [1.82, 2.24) is 0 Å². The zero-order chi connectivity index (χ0) is 12.8. The van der Waals surface area contributed by atoms with Crippen LogP contribution in [0.25, 0.3) is 0 Å². The predicted molar refractivity (Wildman–Crippen MR) is 76.0 cm³/mol. The molecule has 1 heterocycles. The van der Waals surface area contributed by atoms with Crippen LogP contribution in [0.3, 0.4) is 0 Å². The fourth-order valence-corrected chi connectivity index (χ4v) is 2.34. The molecule has 0 bridgehead atoms. The largest absolute Gasteiger partial charge is 0.547 e. The number of rotatable bonds is 5. The molecule has 0 aliphatic rings. The third kappa shape index (κ3) is 3.60. The van der Waals surface area contributed by atoms with Crippen LogP contribution in [0.5, 0.6) is 5.75 Å². The van der Waals surface area contributed by atoms with Gasteiger partial charge in [-0.1, -0.05) is 18.2 Å². The molecule has 0 radical (unpaired) electrons. The lowest BCUT2D eigenvalue weighted by Crippen LogP contribution is -2.12. The van der Waals surface area contributed by atoms with Crippen LogP contribution in [0.15, 0.2) is 52.1 Å². The lowest BCUT2D eigenvalue weighted by molar-refractivity contribution is 0.559. The van der Waals surface area contributed by atoms with Gasteiger partial charge in [-0.3, -0.25) is 4.99 Å². The number of furan rings is 1. The second-order valence-electron chi connectivity index (χ2n) is 4.26. The van der Waals surface area contributed by atoms with Crippen molar-refractivity contribution < 1.29 is 8.84 Å². The summed E-state index contributed by atoms with van der Waals surface area (Å²) >= 11 is 0. The quantitative estimate of drug-likeness (QED) is 0.610. The van der Waals surface area contributed by atoms with Crippen molar-refractivity contribution in [3.63, 3.8) is 0 Å². The average Bonchev–Trinajstić information content (AvgIpc) is 2.84. The second kappa shape index (κ2) is 6.21. The minimum atomic E-state index is -1.08. The molecule has 2 rings (SSSR count). The van der Waals surface area contributed by atoms with Crippen molar-refractivity contribution >= 4 is 15.3 Å². The molecule has 3 nitrogen and oxygen atoms in total. The Bertz CT molecular complexity index is 506. The average molecular weight is 259 g/mol. The summed E-state index contributed by atoms with van der Waals surface area (Å²) in [6.07, 6.45) is 3.38. The van der Waals surface area contributed by atoms with Gasteiger partial charge in [0, 0.05) is 5.56 Å². The third-order valence-corrected chi connectivity index (χ3v) is 3.08. The van der Waals surface area contributed by atoms with Gasteiger partial charge < -0.3 is 8.84 Å². The highest BCUT2D eigenvalue weighted by Gasteiger charge is 2.04. The molecule has 0 saturated carbocycles. The van der Waals surface area contributed by atoms with Gasteiger partial charge in [0.2, 0.25) is 9.04 Å². The summed E-state index contributed by atoms with van der Waals surface area (Å²) in [4.78, 5) is 4.37. The Kier molecular flexibility index (Phi) is 4.36. The van der Waals surface area contributed by atoms with E-state index in [1.807, 2.05) is 36.4 Å². The van der Waals surface area contributed by atoms with Gasteiger partial charge >= 0.3 is 0 Å². The topological polar surface area (TPSA) is 34.7 Å². The standard InChI is InChI=1S/C14H17NO2Si/c1-18(2)17-14-8-4-3-6-12(14)10-15-11-13-7-5-9-16-13/h3-9,11,18H,10H2,1-2H3. The molecular formula is C14H17NO2Si. The maximum absolute atomic E-state index is 5.87. The first-order valence-corrected chi connectivity index (χ1v) is 8.81. The van der Waals surface area contributed by atoms with Crippen molar-refractivity contribution in [3.05, 3.63) is 54.0 Å². The summed E-state index contributed by atoms with van der Waals surface area (Å²) in [5, 5.41) is 0. The van der Waals surface area contributed by atoms with E-state index in [0.29, 0.717) is 6.54 Å². The van der Waals surface area contributed by atoms with E-state index in [2.05, 4.69) is 18.1 Å². The van der Waals surface area contributed by atoms with Crippen molar-refractivity contribution in [2.45, 2.75) is 19.6 Å². The van der Waals surface area contributed by atoms with Crippen molar-refractivity contribution in [2.75, 3.05) is 0 Å². The molecule has 0 aliphatic heterocycles. The Balaban J connectivity index is 2.04. The minimum absolute atomic E-state index is 0.609. The lowest BCUT2D eigenvalue weighted by atomic mass is 10.2. The van der Waals surface area contributed by atoms with Crippen molar-refractivity contribution in [1.29, 1.82) is 0 Å². The van der Waals surface area contributed by atoms with Crippen LogP contribution in [0.1, 0.15) is 11.3 Å². The van der Waals surface area contributed by atoms with Gasteiger partial charge in [-0.25, -0.2) is 0 Å². The highest BCUT2D eigenvalue weighted by Crippen LogP contribution is 2.19. The van der Waals surface area contributed by atoms with Crippen LogP contribution < -0.4 is 4.43 Å². The van der Waals surface area contributed by atoms with E-state index in [9.17, 15) is 0 Å². The summed E-state index contributed by atoms with van der Waals surface area (Å²) in [6, 6.07) is 11.8. The first-order valence-electron chi connectivity index (χ1n) is 6.03. The fourth-order valence-electron chi connectivity index (χ4n) is 1.60. The van der Waals surface area contributed by atoms with Gasteiger partial charge in [-0.15, -0.1) is 0 Å². The first-order chi connectivity index (χ1) is 8.75. The Morgan fingerprint density at radius 2 is 2.06 bits per heavy atom. The Hall–Kier alpha value is -1.81. The van der Waals surface area contributed by atoms with E-state index in [1.165, 1.54) is 0 Å². The highest BCUT2D eigenvalue weighted by atomic mass is 28.3. The molecule has 94 valence electrons. The van der Waals surface area contributed by atoms with Crippen LogP contribution in [0, 0.1) is 0 Å². The molecule has 0 saturated heterocycles. The summed E-state index contributed by atoms with van der Waals surface area (Å²) in [6.45, 7) is 4.92. The molecule has 2 aromatic rings. The van der Waals surface area contributed by atoms with Crippen molar-refractivity contribution in [2.24, 2.45) is 4.99 Å². The van der Waals surface area contributed by atoms with E-state index < -0.39 is 9.04 Å². The third-order valence-electron chi connectivity index (χ3n) is 2.36. The van der Waals surface area contributed by atoms with E-state index in [4.69, 9.17) is 8.84 Å². The van der Waals surface area contributed by atoms with Gasteiger partial charge in [-0.05, 0) is 31.3 Å². The number of benzene rings is 1. The molecule has 1 aromatic heterocycles. The second-order valence-corrected chi connectivity index (χ2v) is 6.59. The monoisotopic (exact) mass is 259 g/mol. The van der Waals surface area contributed by atoms with E-state index in [0.717, 1.165) is 17.1 Å². The van der Waals surface area contributed by atoms with Crippen molar-refractivity contribution in [3.8, 4) is 5.75 Å². The molecule has 4 heteroatoms. The van der Waals surface area contributed by atoms with Gasteiger partial charge in [0.15, 0.2) is 0 Å². The molecule has 0 atom stereocenters. The highest BCUT2D eigenvalue weighted by molar-refractivity contribution is 6.49. The summed E-state index contributed by atoms with van der Waals surface area (Å²) in [5.74, 6) is 1.72. The molecule has 0 N–H and O–H groups in total. The van der Waals surface area contributed by atoms with Gasteiger partial charge in [0.25, 0.3) is 0 Å². The van der Waals surface area contributed by atoms with Crippen LogP contribution >= 0.6 is 0 Å². The number of hydrogen-bond acceptors (Lipinski definition) is 3. The summed E-state index contributed by atoms with van der Waals surface area (Å²) in [7, 11) is -1.08. The molecule has 1 aromatic carbocycles. The fraction of sp³-hybridized carbons (Fsp3) is 0.214. The first kappa shape index (κ1) is 12.6. The van der Waals surface area contributed by atoms with Crippen LogP contribution in [0.4, 0.5) is 0 Å². The normalized spacial score (nSPS) is 11.3. The molecule has 0 amide bonds. The summed E-state index contributed by atoms with van der Waals surface area (Å²) < 4.78 is 11.1. The zero-order valence-corrected chi connectivity index (χ0v) is 11.8. The van der Waals surface area contributed by atoms with Gasteiger partial charge in [-0.2, -0.15) is 0 Å². The predicted octanol–water partition coefficient (Wildman–Crippen LogP) is 3.26. The Labute approximate surface area is 109 Å². The van der Waals surface area contributed by atoms with Gasteiger partial charge in [0.1, 0.15) is 11.5 Å². The van der Waals surface area contributed by atoms with Crippen LogP contribution in [-0.4, -0.2) is 15.3 Å².